The Morgan fingerprint density at radius 3 is 2.70 bits per heavy atom. The van der Waals surface area contributed by atoms with Crippen molar-refractivity contribution in [3.8, 4) is 5.75 Å². The van der Waals surface area contributed by atoms with Gasteiger partial charge in [-0.25, -0.2) is 0 Å². The van der Waals surface area contributed by atoms with Crippen molar-refractivity contribution >= 4 is 33.3 Å². The van der Waals surface area contributed by atoms with Crippen molar-refractivity contribution in [2.75, 3.05) is 7.11 Å². The monoisotopic (exact) mass is 352 g/mol. The summed E-state index contributed by atoms with van der Waals surface area (Å²) in [6.07, 6.45) is 0.715. The number of carbonyl (C=O) groups is 1. The Kier molecular flexibility index (Phi) is 5.21. The molecule has 0 aliphatic heterocycles. The van der Waals surface area contributed by atoms with E-state index in [-0.39, 0.29) is 5.78 Å². The summed E-state index contributed by atoms with van der Waals surface area (Å²) >= 11 is 9.47. The van der Waals surface area contributed by atoms with Crippen LogP contribution in [0.1, 0.15) is 11.1 Å². The SMILES string of the molecule is COc1cccc(CC(=O)Cc2ccc(Br)cc2Cl)c1. The highest BCUT2D eigenvalue weighted by atomic mass is 79.9. The molecule has 4 heteroatoms. The van der Waals surface area contributed by atoms with Gasteiger partial charge in [-0.1, -0.05) is 45.7 Å². The molecule has 0 aliphatic carbocycles. The Bertz CT molecular complexity index is 626. The fourth-order valence-electron chi connectivity index (χ4n) is 1.95. The van der Waals surface area contributed by atoms with Crippen LogP contribution < -0.4 is 4.74 Å². The lowest BCUT2D eigenvalue weighted by Gasteiger charge is -2.06. The molecule has 0 fully saturated rings. The van der Waals surface area contributed by atoms with Crippen LogP contribution >= 0.6 is 27.5 Å². The normalized spacial score (nSPS) is 10.3. The molecular weight excluding hydrogens is 340 g/mol. The summed E-state index contributed by atoms with van der Waals surface area (Å²) in [6.45, 7) is 0. The molecule has 0 radical (unpaired) electrons. The van der Waals surface area contributed by atoms with E-state index in [1.165, 1.54) is 0 Å². The molecule has 2 aromatic rings. The highest BCUT2D eigenvalue weighted by Gasteiger charge is 2.09. The van der Waals surface area contributed by atoms with Crippen molar-refractivity contribution in [2.45, 2.75) is 12.8 Å². The number of rotatable bonds is 5. The number of halogens is 2. The first kappa shape index (κ1) is 15.1. The lowest BCUT2D eigenvalue weighted by molar-refractivity contribution is -0.117. The first-order valence-corrected chi connectivity index (χ1v) is 7.34. The average Bonchev–Trinajstić information content (AvgIpc) is 2.42. The van der Waals surface area contributed by atoms with E-state index in [0.29, 0.717) is 17.9 Å². The van der Waals surface area contributed by atoms with Gasteiger partial charge >= 0.3 is 0 Å². The first-order valence-electron chi connectivity index (χ1n) is 6.17. The summed E-state index contributed by atoms with van der Waals surface area (Å²) in [5.41, 5.74) is 1.80. The molecule has 0 bridgehead atoms. The van der Waals surface area contributed by atoms with Crippen LogP contribution in [0.3, 0.4) is 0 Å². The van der Waals surface area contributed by atoms with E-state index in [2.05, 4.69) is 15.9 Å². The number of methoxy groups -OCH3 is 1. The Morgan fingerprint density at radius 2 is 2.00 bits per heavy atom. The zero-order chi connectivity index (χ0) is 14.5. The lowest BCUT2D eigenvalue weighted by atomic mass is 10.0. The number of ketones is 1. The Morgan fingerprint density at radius 1 is 1.20 bits per heavy atom. The Labute approximate surface area is 131 Å². The second-order valence-electron chi connectivity index (χ2n) is 4.48. The molecule has 0 saturated carbocycles. The molecule has 2 rings (SSSR count). The van der Waals surface area contributed by atoms with Gasteiger partial charge in [0.2, 0.25) is 0 Å². The number of hydrogen-bond acceptors (Lipinski definition) is 2. The summed E-state index contributed by atoms with van der Waals surface area (Å²) in [5.74, 6) is 0.888. The van der Waals surface area contributed by atoms with Crippen molar-refractivity contribution in [3.63, 3.8) is 0 Å². The van der Waals surface area contributed by atoms with Crippen molar-refractivity contribution in [1.29, 1.82) is 0 Å². The van der Waals surface area contributed by atoms with Crippen molar-refractivity contribution in [1.82, 2.24) is 0 Å². The molecule has 104 valence electrons. The molecular formula is C16H14BrClO2. The van der Waals surface area contributed by atoms with Gasteiger partial charge < -0.3 is 4.74 Å². The van der Waals surface area contributed by atoms with Gasteiger partial charge in [-0.2, -0.15) is 0 Å². The minimum Gasteiger partial charge on any atom is -0.497 e. The molecule has 0 unspecified atom stereocenters. The van der Waals surface area contributed by atoms with E-state index in [1.54, 1.807) is 13.2 Å². The zero-order valence-electron chi connectivity index (χ0n) is 11.0. The van der Waals surface area contributed by atoms with Crippen LogP contribution in [0.4, 0.5) is 0 Å². The van der Waals surface area contributed by atoms with Crippen LogP contribution in [-0.2, 0) is 17.6 Å². The van der Waals surface area contributed by atoms with E-state index in [1.807, 2.05) is 36.4 Å². The van der Waals surface area contributed by atoms with Gasteiger partial charge in [0, 0.05) is 22.3 Å². The molecule has 0 spiro atoms. The minimum atomic E-state index is 0.127. The molecule has 0 aliphatic rings. The van der Waals surface area contributed by atoms with Crippen LogP contribution in [0.5, 0.6) is 5.75 Å². The maximum absolute atomic E-state index is 12.1. The number of benzene rings is 2. The molecule has 2 aromatic carbocycles. The topological polar surface area (TPSA) is 26.3 Å². The quantitative estimate of drug-likeness (QED) is 0.793. The van der Waals surface area contributed by atoms with Gasteiger partial charge in [-0.15, -0.1) is 0 Å². The van der Waals surface area contributed by atoms with Gasteiger partial charge in [0.05, 0.1) is 7.11 Å². The van der Waals surface area contributed by atoms with Gasteiger partial charge in [-0.3, -0.25) is 4.79 Å². The third-order valence-electron chi connectivity index (χ3n) is 2.94. The molecule has 2 nitrogen and oxygen atoms in total. The van der Waals surface area contributed by atoms with E-state index in [9.17, 15) is 4.79 Å². The van der Waals surface area contributed by atoms with E-state index < -0.39 is 0 Å². The Balaban J connectivity index is 2.05. The summed E-state index contributed by atoms with van der Waals surface area (Å²) in [4.78, 5) is 12.1. The average molecular weight is 354 g/mol. The van der Waals surface area contributed by atoms with Crippen LogP contribution in [0.2, 0.25) is 5.02 Å². The molecule has 0 saturated heterocycles. The first-order chi connectivity index (χ1) is 9.58. The standard InChI is InChI=1S/C16H14BrClO2/c1-20-15-4-2-3-11(8-15)7-14(19)9-12-5-6-13(17)10-16(12)18/h2-6,8,10H,7,9H2,1H3. The summed E-state index contributed by atoms with van der Waals surface area (Å²) in [7, 11) is 1.61. The zero-order valence-corrected chi connectivity index (χ0v) is 13.4. The third kappa shape index (κ3) is 4.09. The predicted octanol–water partition coefficient (Wildman–Crippen LogP) is 4.47. The largest absolute Gasteiger partial charge is 0.497 e. The highest BCUT2D eigenvalue weighted by Crippen LogP contribution is 2.22. The van der Waals surface area contributed by atoms with Gasteiger partial charge in [0.25, 0.3) is 0 Å². The summed E-state index contributed by atoms with van der Waals surface area (Å²) in [5, 5.41) is 0.610. The second kappa shape index (κ2) is 6.91. The molecule has 0 atom stereocenters. The van der Waals surface area contributed by atoms with Crippen molar-refractivity contribution in [2.24, 2.45) is 0 Å². The molecule has 0 amide bonds. The van der Waals surface area contributed by atoms with E-state index >= 15 is 0 Å². The predicted molar refractivity (Wildman–Crippen MR) is 84.6 cm³/mol. The fourth-order valence-corrected chi connectivity index (χ4v) is 2.69. The summed E-state index contributed by atoms with van der Waals surface area (Å²) < 4.78 is 6.06. The lowest BCUT2D eigenvalue weighted by Crippen LogP contribution is -2.07. The molecule has 20 heavy (non-hydrogen) atoms. The van der Waals surface area contributed by atoms with Crippen LogP contribution in [0.15, 0.2) is 46.9 Å². The molecule has 0 N–H and O–H groups in total. The summed E-state index contributed by atoms with van der Waals surface area (Å²) in [6, 6.07) is 13.1. The van der Waals surface area contributed by atoms with Gasteiger partial charge in [0.1, 0.15) is 11.5 Å². The number of ether oxygens (including phenoxy) is 1. The molecule has 0 aromatic heterocycles. The number of hydrogen-bond donors (Lipinski definition) is 0. The smallest absolute Gasteiger partial charge is 0.141 e. The van der Waals surface area contributed by atoms with Crippen molar-refractivity contribution in [3.05, 3.63) is 63.1 Å². The minimum absolute atomic E-state index is 0.127. The van der Waals surface area contributed by atoms with Crippen LogP contribution in [-0.4, -0.2) is 12.9 Å². The number of Topliss-reactive ketones (excluding diaryl/α,β-unsaturated/α-hetero) is 1. The maximum Gasteiger partial charge on any atom is 0.141 e. The number of carbonyl (C=O) groups excluding carboxylic acids is 1. The Hall–Kier alpha value is -1.32. The van der Waals surface area contributed by atoms with E-state index in [0.717, 1.165) is 21.3 Å². The van der Waals surface area contributed by atoms with Gasteiger partial charge in [-0.05, 0) is 35.4 Å². The van der Waals surface area contributed by atoms with Gasteiger partial charge in [0.15, 0.2) is 0 Å². The van der Waals surface area contributed by atoms with Crippen LogP contribution in [0, 0.1) is 0 Å². The second-order valence-corrected chi connectivity index (χ2v) is 5.80. The highest BCUT2D eigenvalue weighted by molar-refractivity contribution is 9.10. The maximum atomic E-state index is 12.1. The third-order valence-corrected chi connectivity index (χ3v) is 3.78. The van der Waals surface area contributed by atoms with E-state index in [4.69, 9.17) is 16.3 Å². The fraction of sp³-hybridized carbons (Fsp3) is 0.188. The van der Waals surface area contributed by atoms with Crippen molar-refractivity contribution < 1.29 is 9.53 Å². The van der Waals surface area contributed by atoms with Crippen LogP contribution in [0.25, 0.3) is 0 Å². The molecule has 0 heterocycles.